The van der Waals surface area contributed by atoms with Crippen LogP contribution in [0.3, 0.4) is 0 Å². The summed E-state index contributed by atoms with van der Waals surface area (Å²) in [5.41, 5.74) is 4.61. The number of hydrogen-bond donors (Lipinski definition) is 1. The number of aryl methyl sites for hydroxylation is 3. The van der Waals surface area contributed by atoms with E-state index in [-0.39, 0.29) is 23.3 Å². The van der Waals surface area contributed by atoms with E-state index in [0.29, 0.717) is 11.9 Å². The van der Waals surface area contributed by atoms with Crippen LogP contribution in [0.2, 0.25) is 0 Å². The van der Waals surface area contributed by atoms with E-state index in [0.717, 1.165) is 28.0 Å². The second-order valence-corrected chi connectivity index (χ2v) is 11.0. The number of sulfonamides is 1. The molecule has 1 amide bonds. The van der Waals surface area contributed by atoms with Gasteiger partial charge in [-0.2, -0.15) is 0 Å². The molecule has 0 fully saturated rings. The van der Waals surface area contributed by atoms with Crippen LogP contribution in [0.1, 0.15) is 35.0 Å². The summed E-state index contributed by atoms with van der Waals surface area (Å²) in [6, 6.07) is 22.7. The standard InChI is InChI=1S/C27H30N4O3S/c1-19-10-12-21(13-11-19)27(20-8-6-5-7-9-20)29-26(32)17-16-25-28-23-18-22(35(33,34)30(2)3)14-15-24(23)31(25)4/h5-15,18,27H,16-17H2,1-4H3,(H,29,32)/t27-/m1/s1. The lowest BCUT2D eigenvalue weighted by molar-refractivity contribution is -0.121. The van der Waals surface area contributed by atoms with Crippen molar-refractivity contribution in [1.82, 2.24) is 19.2 Å². The topological polar surface area (TPSA) is 84.3 Å². The van der Waals surface area contributed by atoms with Crippen LogP contribution in [0, 0.1) is 6.92 Å². The molecular weight excluding hydrogens is 460 g/mol. The zero-order valence-corrected chi connectivity index (χ0v) is 21.2. The summed E-state index contributed by atoms with van der Waals surface area (Å²) in [7, 11) is 1.33. The van der Waals surface area contributed by atoms with Gasteiger partial charge in [-0.25, -0.2) is 17.7 Å². The number of rotatable bonds is 8. The Balaban J connectivity index is 1.52. The zero-order chi connectivity index (χ0) is 25.2. The Morgan fingerprint density at radius 3 is 2.31 bits per heavy atom. The van der Waals surface area contributed by atoms with E-state index in [1.807, 2.05) is 73.1 Å². The highest BCUT2D eigenvalue weighted by atomic mass is 32.2. The zero-order valence-electron chi connectivity index (χ0n) is 20.4. The van der Waals surface area contributed by atoms with Gasteiger partial charge >= 0.3 is 0 Å². The van der Waals surface area contributed by atoms with Crippen LogP contribution in [-0.4, -0.2) is 42.3 Å². The molecule has 7 nitrogen and oxygen atoms in total. The van der Waals surface area contributed by atoms with E-state index in [4.69, 9.17) is 0 Å². The number of carbonyl (C=O) groups excluding carboxylic acids is 1. The van der Waals surface area contributed by atoms with Gasteiger partial charge in [0.15, 0.2) is 0 Å². The van der Waals surface area contributed by atoms with Gasteiger partial charge in [0.1, 0.15) is 5.82 Å². The first-order valence-corrected chi connectivity index (χ1v) is 12.9. The first kappa shape index (κ1) is 24.6. The molecule has 0 aliphatic carbocycles. The van der Waals surface area contributed by atoms with Gasteiger partial charge in [-0.1, -0.05) is 60.2 Å². The number of amides is 1. The van der Waals surface area contributed by atoms with Crippen molar-refractivity contribution >= 4 is 27.0 Å². The number of nitrogens with one attached hydrogen (secondary N) is 1. The highest BCUT2D eigenvalue weighted by Crippen LogP contribution is 2.24. The Bertz CT molecular complexity index is 1440. The molecule has 0 aliphatic rings. The molecule has 0 aliphatic heterocycles. The third-order valence-electron chi connectivity index (χ3n) is 6.15. The third-order valence-corrected chi connectivity index (χ3v) is 7.96. The van der Waals surface area contributed by atoms with Gasteiger partial charge < -0.3 is 9.88 Å². The van der Waals surface area contributed by atoms with Crippen LogP contribution in [0.5, 0.6) is 0 Å². The summed E-state index contributed by atoms with van der Waals surface area (Å²) in [4.78, 5) is 17.8. The van der Waals surface area contributed by atoms with Crippen molar-refractivity contribution in [2.24, 2.45) is 7.05 Å². The number of imidazole rings is 1. The molecule has 1 aromatic heterocycles. The van der Waals surface area contributed by atoms with Gasteiger partial charge in [0, 0.05) is 34.0 Å². The van der Waals surface area contributed by atoms with Gasteiger partial charge in [-0.3, -0.25) is 4.79 Å². The van der Waals surface area contributed by atoms with Crippen LogP contribution in [-0.2, 0) is 28.3 Å². The molecule has 1 atom stereocenters. The van der Waals surface area contributed by atoms with Crippen molar-refractivity contribution in [1.29, 1.82) is 0 Å². The predicted octanol–water partition coefficient (Wildman–Crippen LogP) is 3.97. The molecule has 0 unspecified atom stereocenters. The van der Waals surface area contributed by atoms with Gasteiger partial charge in [-0.15, -0.1) is 0 Å². The van der Waals surface area contributed by atoms with Gasteiger partial charge in [0.2, 0.25) is 15.9 Å². The Kier molecular flexibility index (Phi) is 7.05. The van der Waals surface area contributed by atoms with E-state index in [1.54, 1.807) is 18.2 Å². The molecule has 0 radical (unpaired) electrons. The highest BCUT2D eigenvalue weighted by Gasteiger charge is 2.20. The van der Waals surface area contributed by atoms with Gasteiger partial charge in [0.05, 0.1) is 22.0 Å². The SMILES string of the molecule is Cc1ccc([C@H](NC(=O)CCc2nc3cc(S(=O)(=O)N(C)C)ccc3n2C)c2ccccc2)cc1. The smallest absolute Gasteiger partial charge is 0.242 e. The average molecular weight is 491 g/mol. The molecule has 0 spiro atoms. The maximum absolute atomic E-state index is 13.0. The number of fused-ring (bicyclic) bond motifs is 1. The van der Waals surface area contributed by atoms with E-state index in [9.17, 15) is 13.2 Å². The van der Waals surface area contributed by atoms with Crippen LogP contribution in [0.15, 0.2) is 77.7 Å². The van der Waals surface area contributed by atoms with Crippen LogP contribution in [0.25, 0.3) is 11.0 Å². The summed E-state index contributed by atoms with van der Waals surface area (Å²) >= 11 is 0. The Morgan fingerprint density at radius 2 is 1.66 bits per heavy atom. The number of nitrogens with zero attached hydrogens (tertiary/aromatic N) is 3. The lowest BCUT2D eigenvalue weighted by Crippen LogP contribution is -2.29. The number of aromatic nitrogens is 2. The summed E-state index contributed by atoms with van der Waals surface area (Å²) in [6.45, 7) is 2.04. The Hall–Kier alpha value is -3.49. The lowest BCUT2D eigenvalue weighted by atomic mass is 9.97. The summed E-state index contributed by atoms with van der Waals surface area (Å²) < 4.78 is 28.0. The summed E-state index contributed by atoms with van der Waals surface area (Å²) in [5, 5.41) is 3.17. The van der Waals surface area contributed by atoms with Crippen molar-refractivity contribution in [2.45, 2.75) is 30.7 Å². The van der Waals surface area contributed by atoms with Gasteiger partial charge in [-0.05, 0) is 36.2 Å². The van der Waals surface area contributed by atoms with Crippen molar-refractivity contribution in [3.8, 4) is 0 Å². The fourth-order valence-electron chi connectivity index (χ4n) is 4.05. The second-order valence-electron chi connectivity index (χ2n) is 8.85. The summed E-state index contributed by atoms with van der Waals surface area (Å²) in [5.74, 6) is 0.642. The van der Waals surface area contributed by atoms with E-state index < -0.39 is 10.0 Å². The number of hydrogen-bond acceptors (Lipinski definition) is 4. The third kappa shape index (κ3) is 5.28. The van der Waals surface area contributed by atoms with Gasteiger partial charge in [0.25, 0.3) is 0 Å². The highest BCUT2D eigenvalue weighted by molar-refractivity contribution is 7.89. The lowest BCUT2D eigenvalue weighted by Gasteiger charge is -2.20. The monoisotopic (exact) mass is 490 g/mol. The Morgan fingerprint density at radius 1 is 1.00 bits per heavy atom. The first-order chi connectivity index (χ1) is 16.7. The van der Waals surface area contributed by atoms with Crippen molar-refractivity contribution in [3.63, 3.8) is 0 Å². The molecule has 0 bridgehead atoms. The molecule has 182 valence electrons. The normalized spacial score (nSPS) is 12.7. The van der Waals surface area contributed by atoms with E-state index in [1.165, 1.54) is 18.4 Å². The van der Waals surface area contributed by atoms with Crippen LogP contribution in [0.4, 0.5) is 0 Å². The minimum absolute atomic E-state index is 0.0811. The predicted molar refractivity (Wildman–Crippen MR) is 138 cm³/mol. The molecule has 4 aromatic rings. The quantitative estimate of drug-likeness (QED) is 0.405. The molecule has 1 N–H and O–H groups in total. The fraction of sp³-hybridized carbons (Fsp3) is 0.259. The van der Waals surface area contributed by atoms with Crippen molar-refractivity contribution in [2.75, 3.05) is 14.1 Å². The Labute approximate surface area is 206 Å². The minimum atomic E-state index is -3.55. The maximum atomic E-state index is 13.0. The van der Waals surface area contributed by atoms with Crippen molar-refractivity contribution in [3.05, 3.63) is 95.3 Å². The molecule has 4 rings (SSSR count). The fourth-order valence-corrected chi connectivity index (χ4v) is 4.97. The van der Waals surface area contributed by atoms with Crippen LogP contribution < -0.4 is 5.32 Å². The molecule has 1 heterocycles. The first-order valence-electron chi connectivity index (χ1n) is 11.5. The molecule has 35 heavy (non-hydrogen) atoms. The second kappa shape index (κ2) is 10.0. The minimum Gasteiger partial charge on any atom is -0.345 e. The maximum Gasteiger partial charge on any atom is 0.242 e. The molecule has 3 aromatic carbocycles. The average Bonchev–Trinajstić information content (AvgIpc) is 3.17. The number of carbonyl (C=O) groups is 1. The molecule has 8 heteroatoms. The largest absolute Gasteiger partial charge is 0.345 e. The van der Waals surface area contributed by atoms with Crippen molar-refractivity contribution < 1.29 is 13.2 Å². The molecule has 0 saturated heterocycles. The molecular formula is C27H30N4O3S. The summed E-state index contributed by atoms with van der Waals surface area (Å²) in [6.07, 6.45) is 0.692. The van der Waals surface area contributed by atoms with E-state index in [2.05, 4.69) is 10.3 Å². The number of benzene rings is 3. The van der Waals surface area contributed by atoms with E-state index >= 15 is 0 Å². The molecule has 0 saturated carbocycles. The van der Waals surface area contributed by atoms with Crippen LogP contribution >= 0.6 is 0 Å².